The average Bonchev–Trinajstić information content (AvgIpc) is 2.15. The number of rotatable bonds is 5. The van der Waals surface area contributed by atoms with Crippen molar-refractivity contribution < 1.29 is 4.74 Å². The second-order valence-corrected chi connectivity index (χ2v) is 4.02. The number of nitrogens with two attached hydrogens (primary N) is 1. The van der Waals surface area contributed by atoms with Gasteiger partial charge in [0.05, 0.1) is 6.10 Å². The minimum atomic E-state index is 0.113. The standard InChI is InChI=1S/C11H20N4O/c1-8(2)16-10-7-9(3)13-11(14-10)15(4)6-5-12/h7-8H,5-6,12H2,1-4H3. The molecule has 90 valence electrons. The number of hydrogen-bond acceptors (Lipinski definition) is 5. The summed E-state index contributed by atoms with van der Waals surface area (Å²) in [5, 5.41) is 0. The van der Waals surface area contributed by atoms with Gasteiger partial charge in [0.25, 0.3) is 0 Å². The van der Waals surface area contributed by atoms with Gasteiger partial charge in [0.2, 0.25) is 11.8 Å². The van der Waals surface area contributed by atoms with Gasteiger partial charge in [-0.15, -0.1) is 0 Å². The van der Waals surface area contributed by atoms with E-state index in [0.717, 1.165) is 12.2 Å². The summed E-state index contributed by atoms with van der Waals surface area (Å²) in [6.45, 7) is 7.18. The normalized spacial score (nSPS) is 10.6. The molecular weight excluding hydrogens is 204 g/mol. The molecule has 0 bridgehead atoms. The molecule has 5 heteroatoms. The third-order valence-electron chi connectivity index (χ3n) is 1.98. The van der Waals surface area contributed by atoms with Crippen LogP contribution in [0.5, 0.6) is 5.88 Å². The van der Waals surface area contributed by atoms with Crippen LogP contribution in [0.1, 0.15) is 19.5 Å². The molecule has 0 saturated carbocycles. The van der Waals surface area contributed by atoms with E-state index in [1.165, 1.54) is 0 Å². The molecule has 0 aliphatic heterocycles. The van der Waals surface area contributed by atoms with Gasteiger partial charge in [0.15, 0.2) is 0 Å². The number of aryl methyl sites for hydroxylation is 1. The lowest BCUT2D eigenvalue weighted by molar-refractivity contribution is 0.232. The van der Waals surface area contributed by atoms with Gasteiger partial charge < -0.3 is 15.4 Å². The van der Waals surface area contributed by atoms with Crippen molar-refractivity contribution in [2.45, 2.75) is 26.9 Å². The van der Waals surface area contributed by atoms with Crippen LogP contribution < -0.4 is 15.4 Å². The first-order chi connectivity index (χ1) is 7.52. The third kappa shape index (κ3) is 3.66. The van der Waals surface area contributed by atoms with Crippen molar-refractivity contribution >= 4 is 5.95 Å². The zero-order chi connectivity index (χ0) is 12.1. The van der Waals surface area contributed by atoms with Gasteiger partial charge in [0, 0.05) is 31.9 Å². The fourth-order valence-corrected chi connectivity index (χ4v) is 1.29. The van der Waals surface area contributed by atoms with E-state index in [1.54, 1.807) is 0 Å². The number of hydrogen-bond donors (Lipinski definition) is 1. The van der Waals surface area contributed by atoms with Gasteiger partial charge in [-0.05, 0) is 20.8 Å². The molecule has 16 heavy (non-hydrogen) atoms. The van der Waals surface area contributed by atoms with Crippen molar-refractivity contribution in [3.8, 4) is 5.88 Å². The zero-order valence-electron chi connectivity index (χ0n) is 10.4. The highest BCUT2D eigenvalue weighted by Gasteiger charge is 2.08. The number of likely N-dealkylation sites (N-methyl/N-ethyl adjacent to an activating group) is 1. The van der Waals surface area contributed by atoms with Gasteiger partial charge in [-0.1, -0.05) is 0 Å². The van der Waals surface area contributed by atoms with Gasteiger partial charge in [-0.3, -0.25) is 0 Å². The lowest BCUT2D eigenvalue weighted by Crippen LogP contribution is -2.27. The Balaban J connectivity index is 2.89. The van der Waals surface area contributed by atoms with Gasteiger partial charge in [0.1, 0.15) is 0 Å². The molecule has 0 saturated heterocycles. The Morgan fingerprint density at radius 3 is 2.69 bits per heavy atom. The molecule has 1 heterocycles. The molecule has 0 aliphatic rings. The molecule has 1 aromatic rings. The highest BCUT2D eigenvalue weighted by Crippen LogP contribution is 2.15. The van der Waals surface area contributed by atoms with E-state index in [0.29, 0.717) is 18.4 Å². The number of aromatic nitrogens is 2. The Kier molecular flexibility index (Phi) is 4.49. The second kappa shape index (κ2) is 5.65. The van der Waals surface area contributed by atoms with E-state index in [1.807, 2.05) is 38.8 Å². The molecule has 0 spiro atoms. The van der Waals surface area contributed by atoms with E-state index in [9.17, 15) is 0 Å². The first kappa shape index (κ1) is 12.7. The molecular formula is C11H20N4O. The predicted molar refractivity (Wildman–Crippen MR) is 64.9 cm³/mol. The van der Waals surface area contributed by atoms with Crippen LogP contribution in [0.25, 0.3) is 0 Å². The zero-order valence-corrected chi connectivity index (χ0v) is 10.4. The maximum atomic E-state index is 5.55. The number of anilines is 1. The van der Waals surface area contributed by atoms with Crippen LogP contribution in [0.2, 0.25) is 0 Å². The smallest absolute Gasteiger partial charge is 0.228 e. The van der Waals surface area contributed by atoms with E-state index in [-0.39, 0.29) is 6.10 Å². The number of ether oxygens (including phenoxy) is 1. The first-order valence-corrected chi connectivity index (χ1v) is 5.46. The van der Waals surface area contributed by atoms with Crippen molar-refractivity contribution in [3.05, 3.63) is 11.8 Å². The summed E-state index contributed by atoms with van der Waals surface area (Å²) >= 11 is 0. The average molecular weight is 224 g/mol. The Morgan fingerprint density at radius 1 is 1.44 bits per heavy atom. The van der Waals surface area contributed by atoms with Crippen LogP contribution in [0, 0.1) is 6.92 Å². The molecule has 0 radical (unpaired) electrons. The summed E-state index contributed by atoms with van der Waals surface area (Å²) in [7, 11) is 1.92. The lowest BCUT2D eigenvalue weighted by Gasteiger charge is -2.17. The van der Waals surface area contributed by atoms with Crippen LogP contribution in [-0.4, -0.2) is 36.2 Å². The topological polar surface area (TPSA) is 64.3 Å². The lowest BCUT2D eigenvalue weighted by atomic mass is 10.4. The third-order valence-corrected chi connectivity index (χ3v) is 1.98. The molecule has 1 rings (SSSR count). The SMILES string of the molecule is Cc1cc(OC(C)C)nc(N(C)CCN)n1. The maximum Gasteiger partial charge on any atom is 0.228 e. The van der Waals surface area contributed by atoms with Crippen LogP contribution in [0.4, 0.5) is 5.95 Å². The number of nitrogens with zero attached hydrogens (tertiary/aromatic N) is 3. The highest BCUT2D eigenvalue weighted by atomic mass is 16.5. The largest absolute Gasteiger partial charge is 0.475 e. The van der Waals surface area contributed by atoms with E-state index in [2.05, 4.69) is 9.97 Å². The Morgan fingerprint density at radius 2 is 2.12 bits per heavy atom. The summed E-state index contributed by atoms with van der Waals surface area (Å²) in [6, 6.07) is 1.83. The molecule has 0 amide bonds. The molecule has 0 fully saturated rings. The van der Waals surface area contributed by atoms with Crippen LogP contribution in [0.15, 0.2) is 6.07 Å². The van der Waals surface area contributed by atoms with Crippen molar-refractivity contribution in [2.75, 3.05) is 25.0 Å². The minimum absolute atomic E-state index is 0.113. The van der Waals surface area contributed by atoms with Crippen LogP contribution in [0.3, 0.4) is 0 Å². The van der Waals surface area contributed by atoms with Crippen molar-refractivity contribution in [3.63, 3.8) is 0 Å². The van der Waals surface area contributed by atoms with E-state index >= 15 is 0 Å². The summed E-state index contributed by atoms with van der Waals surface area (Å²) in [5.74, 6) is 1.27. The van der Waals surface area contributed by atoms with Crippen molar-refractivity contribution in [1.82, 2.24) is 9.97 Å². The van der Waals surface area contributed by atoms with Gasteiger partial charge in [-0.25, -0.2) is 4.98 Å². The first-order valence-electron chi connectivity index (χ1n) is 5.46. The van der Waals surface area contributed by atoms with Crippen molar-refractivity contribution in [1.29, 1.82) is 0 Å². The summed E-state index contributed by atoms with van der Waals surface area (Å²) in [6.07, 6.45) is 0.113. The quantitative estimate of drug-likeness (QED) is 0.807. The van der Waals surface area contributed by atoms with Gasteiger partial charge >= 0.3 is 0 Å². The molecule has 0 atom stereocenters. The van der Waals surface area contributed by atoms with E-state index < -0.39 is 0 Å². The van der Waals surface area contributed by atoms with E-state index in [4.69, 9.17) is 10.5 Å². The predicted octanol–water partition coefficient (Wildman–Crippen LogP) is 0.967. The van der Waals surface area contributed by atoms with Crippen LogP contribution >= 0.6 is 0 Å². The van der Waals surface area contributed by atoms with Crippen LogP contribution in [-0.2, 0) is 0 Å². The Hall–Kier alpha value is -1.36. The molecule has 2 N–H and O–H groups in total. The summed E-state index contributed by atoms with van der Waals surface area (Å²) < 4.78 is 5.55. The fraction of sp³-hybridized carbons (Fsp3) is 0.636. The Bertz CT molecular complexity index is 341. The molecule has 5 nitrogen and oxygen atoms in total. The summed E-state index contributed by atoms with van der Waals surface area (Å²) in [5.41, 5.74) is 6.39. The Labute approximate surface area is 96.6 Å². The second-order valence-electron chi connectivity index (χ2n) is 4.02. The highest BCUT2D eigenvalue weighted by molar-refractivity contribution is 5.33. The molecule has 1 aromatic heterocycles. The molecule has 0 aliphatic carbocycles. The van der Waals surface area contributed by atoms with Gasteiger partial charge in [-0.2, -0.15) is 4.98 Å². The van der Waals surface area contributed by atoms with Crippen molar-refractivity contribution in [2.24, 2.45) is 5.73 Å². The fourth-order valence-electron chi connectivity index (χ4n) is 1.29. The molecule has 0 aromatic carbocycles. The molecule has 0 unspecified atom stereocenters. The minimum Gasteiger partial charge on any atom is -0.475 e. The summed E-state index contributed by atoms with van der Waals surface area (Å²) in [4.78, 5) is 10.6. The monoisotopic (exact) mass is 224 g/mol. The maximum absolute atomic E-state index is 5.55.